The molecule has 1 N–H and O–H groups in total. The van der Waals surface area contributed by atoms with Crippen molar-refractivity contribution in [3.8, 4) is 5.75 Å². The maximum atomic E-state index is 12.4. The van der Waals surface area contributed by atoms with E-state index in [4.69, 9.17) is 4.74 Å². The van der Waals surface area contributed by atoms with Crippen LogP contribution < -0.4 is 4.74 Å². The van der Waals surface area contributed by atoms with Gasteiger partial charge in [-0.1, -0.05) is 18.2 Å². The molecule has 18 heavy (non-hydrogen) atoms. The average molecular weight is 257 g/mol. The summed E-state index contributed by atoms with van der Waals surface area (Å²) in [4.78, 5) is 16.2. The lowest BCUT2D eigenvalue weighted by molar-refractivity contribution is 0.104. The summed E-state index contributed by atoms with van der Waals surface area (Å²) in [6.45, 7) is 0. The van der Waals surface area contributed by atoms with Crippen LogP contribution >= 0.6 is 11.3 Å². The number of benzene rings is 1. The van der Waals surface area contributed by atoms with Gasteiger partial charge in [0.15, 0.2) is 0 Å². The zero-order valence-electron chi connectivity index (χ0n) is 9.77. The van der Waals surface area contributed by atoms with Gasteiger partial charge in [0.2, 0.25) is 5.78 Å². The van der Waals surface area contributed by atoms with E-state index in [1.54, 1.807) is 19.4 Å². The smallest absolute Gasteiger partial charge is 0.205 e. The molecule has 0 fully saturated rings. The second kappa shape index (κ2) is 4.31. The van der Waals surface area contributed by atoms with Crippen molar-refractivity contribution in [2.45, 2.75) is 0 Å². The van der Waals surface area contributed by atoms with Gasteiger partial charge in [-0.25, -0.2) is 0 Å². The fourth-order valence-corrected chi connectivity index (χ4v) is 2.75. The third-order valence-corrected chi connectivity index (χ3v) is 3.78. The first-order valence-electron chi connectivity index (χ1n) is 5.53. The molecule has 0 saturated carbocycles. The fraction of sp³-hybridized carbons (Fsp3) is 0.0714. The van der Waals surface area contributed by atoms with E-state index in [1.165, 1.54) is 11.3 Å². The first-order valence-corrected chi connectivity index (χ1v) is 6.41. The Kier molecular flexibility index (Phi) is 2.64. The SMILES string of the molecule is COc1csc(C(=O)c2c[nH]c3ccccc23)c1. The van der Waals surface area contributed by atoms with Gasteiger partial charge in [-0.05, 0) is 6.07 Å². The van der Waals surface area contributed by atoms with Crippen molar-refractivity contribution in [3.05, 3.63) is 52.3 Å². The Morgan fingerprint density at radius 1 is 1.33 bits per heavy atom. The highest BCUT2D eigenvalue weighted by atomic mass is 32.1. The average Bonchev–Trinajstić information content (AvgIpc) is 3.04. The topological polar surface area (TPSA) is 42.1 Å². The Balaban J connectivity index is 2.06. The number of hydrogen-bond acceptors (Lipinski definition) is 3. The molecular formula is C14H11NO2S. The van der Waals surface area contributed by atoms with Crippen molar-refractivity contribution in [2.24, 2.45) is 0 Å². The number of nitrogens with one attached hydrogen (secondary N) is 1. The number of rotatable bonds is 3. The number of carbonyl (C=O) groups excluding carboxylic acids is 1. The van der Waals surface area contributed by atoms with E-state index in [1.807, 2.05) is 29.6 Å². The van der Waals surface area contributed by atoms with Crippen LogP contribution in [0.2, 0.25) is 0 Å². The molecule has 3 nitrogen and oxygen atoms in total. The number of aromatic nitrogens is 1. The lowest BCUT2D eigenvalue weighted by Crippen LogP contribution is -1.96. The molecule has 0 aliphatic heterocycles. The number of thiophene rings is 1. The molecular weight excluding hydrogens is 246 g/mol. The fourth-order valence-electron chi connectivity index (χ4n) is 1.94. The zero-order valence-corrected chi connectivity index (χ0v) is 10.6. The van der Waals surface area contributed by atoms with Crippen LogP contribution in [0.1, 0.15) is 15.2 Å². The van der Waals surface area contributed by atoms with Gasteiger partial charge < -0.3 is 9.72 Å². The summed E-state index contributed by atoms with van der Waals surface area (Å²) in [5, 5.41) is 2.79. The van der Waals surface area contributed by atoms with Crippen LogP contribution in [-0.4, -0.2) is 17.9 Å². The van der Waals surface area contributed by atoms with Gasteiger partial charge in [0, 0.05) is 34.1 Å². The zero-order chi connectivity index (χ0) is 12.5. The van der Waals surface area contributed by atoms with E-state index >= 15 is 0 Å². The predicted octanol–water partition coefficient (Wildman–Crippen LogP) is 3.47. The van der Waals surface area contributed by atoms with Crippen LogP contribution in [0.15, 0.2) is 41.9 Å². The molecule has 4 heteroatoms. The number of fused-ring (bicyclic) bond motifs is 1. The molecule has 0 aliphatic rings. The minimum absolute atomic E-state index is 0.0285. The second-order valence-electron chi connectivity index (χ2n) is 3.93. The van der Waals surface area contributed by atoms with E-state index in [0.29, 0.717) is 10.4 Å². The van der Waals surface area contributed by atoms with Crippen LogP contribution in [-0.2, 0) is 0 Å². The van der Waals surface area contributed by atoms with Crippen molar-refractivity contribution in [1.29, 1.82) is 0 Å². The maximum Gasteiger partial charge on any atom is 0.205 e. The summed E-state index contributed by atoms with van der Waals surface area (Å²) in [5.74, 6) is 0.754. The van der Waals surface area contributed by atoms with Crippen molar-refractivity contribution in [2.75, 3.05) is 7.11 Å². The predicted molar refractivity (Wildman–Crippen MR) is 72.6 cm³/mol. The van der Waals surface area contributed by atoms with Crippen molar-refractivity contribution in [1.82, 2.24) is 4.98 Å². The number of ether oxygens (including phenoxy) is 1. The molecule has 0 saturated heterocycles. The van der Waals surface area contributed by atoms with Crippen molar-refractivity contribution >= 4 is 28.0 Å². The molecule has 2 heterocycles. The Morgan fingerprint density at radius 2 is 2.17 bits per heavy atom. The summed E-state index contributed by atoms with van der Waals surface area (Å²) in [5.41, 5.74) is 1.68. The molecule has 0 radical (unpaired) electrons. The number of H-pyrrole nitrogens is 1. The van der Waals surface area contributed by atoms with E-state index < -0.39 is 0 Å². The number of ketones is 1. The molecule has 2 aromatic heterocycles. The number of carbonyl (C=O) groups is 1. The maximum absolute atomic E-state index is 12.4. The quantitative estimate of drug-likeness (QED) is 0.730. The Bertz CT molecular complexity index is 711. The third-order valence-electron chi connectivity index (χ3n) is 2.87. The van der Waals surface area contributed by atoms with Gasteiger partial charge >= 0.3 is 0 Å². The molecule has 3 rings (SSSR count). The van der Waals surface area contributed by atoms with Crippen LogP contribution in [0.5, 0.6) is 5.75 Å². The molecule has 0 atom stereocenters. The minimum atomic E-state index is 0.0285. The van der Waals surface area contributed by atoms with Crippen LogP contribution in [0.3, 0.4) is 0 Å². The third kappa shape index (κ3) is 1.71. The van der Waals surface area contributed by atoms with Crippen molar-refractivity contribution < 1.29 is 9.53 Å². The number of methoxy groups -OCH3 is 1. The molecule has 90 valence electrons. The van der Waals surface area contributed by atoms with Gasteiger partial charge in [-0.2, -0.15) is 0 Å². The second-order valence-corrected chi connectivity index (χ2v) is 4.84. The van der Waals surface area contributed by atoms with E-state index in [2.05, 4.69) is 4.98 Å². The lowest BCUT2D eigenvalue weighted by atomic mass is 10.1. The van der Waals surface area contributed by atoms with E-state index in [-0.39, 0.29) is 5.78 Å². The standard InChI is InChI=1S/C14H11NO2S/c1-17-9-6-13(18-8-9)14(16)11-7-15-12-5-3-2-4-10(11)12/h2-8,15H,1H3. The van der Waals surface area contributed by atoms with Crippen LogP contribution in [0.25, 0.3) is 10.9 Å². The molecule has 1 aromatic carbocycles. The van der Waals surface area contributed by atoms with Crippen LogP contribution in [0, 0.1) is 0 Å². The largest absolute Gasteiger partial charge is 0.496 e. The molecule has 0 spiro atoms. The highest BCUT2D eigenvalue weighted by Crippen LogP contribution is 2.26. The molecule has 3 aromatic rings. The van der Waals surface area contributed by atoms with E-state index in [0.717, 1.165) is 16.7 Å². The van der Waals surface area contributed by atoms with Gasteiger partial charge in [-0.3, -0.25) is 4.79 Å². The first kappa shape index (κ1) is 11.0. The van der Waals surface area contributed by atoms with Crippen molar-refractivity contribution in [3.63, 3.8) is 0 Å². The van der Waals surface area contributed by atoms with Crippen LogP contribution in [0.4, 0.5) is 0 Å². The van der Waals surface area contributed by atoms with Gasteiger partial charge in [0.1, 0.15) is 5.75 Å². The van der Waals surface area contributed by atoms with Gasteiger partial charge in [0.05, 0.1) is 12.0 Å². The highest BCUT2D eigenvalue weighted by Gasteiger charge is 2.15. The summed E-state index contributed by atoms with van der Waals surface area (Å²) in [7, 11) is 1.60. The molecule has 0 amide bonds. The first-order chi connectivity index (χ1) is 8.79. The molecule has 0 unspecified atom stereocenters. The number of hydrogen-bond donors (Lipinski definition) is 1. The van der Waals surface area contributed by atoms with Gasteiger partial charge in [0.25, 0.3) is 0 Å². The lowest BCUT2D eigenvalue weighted by Gasteiger charge is -1.95. The number of aromatic amines is 1. The highest BCUT2D eigenvalue weighted by molar-refractivity contribution is 7.12. The molecule has 0 bridgehead atoms. The summed E-state index contributed by atoms with van der Waals surface area (Å²) in [6, 6.07) is 9.56. The molecule has 0 aliphatic carbocycles. The normalized spacial score (nSPS) is 10.7. The van der Waals surface area contributed by atoms with Gasteiger partial charge in [-0.15, -0.1) is 11.3 Å². The number of para-hydroxylation sites is 1. The Hall–Kier alpha value is -2.07. The van der Waals surface area contributed by atoms with E-state index in [9.17, 15) is 4.79 Å². The Morgan fingerprint density at radius 3 is 2.94 bits per heavy atom. The Labute approximate surface area is 108 Å². The summed E-state index contributed by atoms with van der Waals surface area (Å²) in [6.07, 6.45) is 1.76. The minimum Gasteiger partial charge on any atom is -0.496 e. The summed E-state index contributed by atoms with van der Waals surface area (Å²) >= 11 is 1.40. The monoisotopic (exact) mass is 257 g/mol. The summed E-state index contributed by atoms with van der Waals surface area (Å²) < 4.78 is 5.10.